The van der Waals surface area contributed by atoms with Crippen molar-refractivity contribution in [1.82, 2.24) is 19.5 Å². The second-order valence-corrected chi connectivity index (χ2v) is 8.87. The van der Waals surface area contributed by atoms with Crippen molar-refractivity contribution in [3.05, 3.63) is 57.9 Å². The second kappa shape index (κ2) is 11.3. The van der Waals surface area contributed by atoms with Gasteiger partial charge in [-0.15, -0.1) is 0 Å². The summed E-state index contributed by atoms with van der Waals surface area (Å²) in [5.74, 6) is -1.42. The van der Waals surface area contributed by atoms with E-state index in [0.29, 0.717) is 5.56 Å². The number of hydrogen-bond acceptors (Lipinski definition) is 11. The van der Waals surface area contributed by atoms with Crippen LogP contribution < -0.4 is 5.73 Å². The molecule has 14 nitrogen and oxygen atoms in total. The van der Waals surface area contributed by atoms with E-state index in [9.17, 15) is 14.7 Å². The van der Waals surface area contributed by atoms with Crippen LogP contribution in [-0.4, -0.2) is 73.4 Å². The van der Waals surface area contributed by atoms with Crippen LogP contribution in [0.3, 0.4) is 0 Å². The number of nitrogens with zero attached hydrogens (tertiary/aromatic N) is 7. The van der Waals surface area contributed by atoms with Crippen LogP contribution in [0.2, 0.25) is 5.28 Å². The highest BCUT2D eigenvalue weighted by molar-refractivity contribution is 6.28. The first-order valence-corrected chi connectivity index (χ1v) is 12.0. The molecule has 200 valence electrons. The van der Waals surface area contributed by atoms with Crippen LogP contribution in [0.5, 0.6) is 0 Å². The van der Waals surface area contributed by atoms with E-state index in [-0.39, 0.29) is 35.3 Å². The molecule has 4 rings (SSSR count). The topological polar surface area (TPSA) is 200 Å². The second-order valence-electron chi connectivity index (χ2n) is 8.53. The molecule has 0 radical (unpaired) electrons. The standard InChI is InChI=1S/C23H25ClN8O6/c1-3-36-21(35)23(12(2)33,9-13-7-5-4-6-8-13)37-10-14-17(34)15(30-31-26)20(38-14)32-11-27-16-18(25)28-22(24)29-19(16)32/h4-8,11,14-15,17,20,34H,3,9-10H2,1-2H3,(H2,25,28,29)/t14-,15-,17-,20-,23?/m1/s1. The number of imidazole rings is 1. The number of rotatable bonds is 10. The highest BCUT2D eigenvalue weighted by Crippen LogP contribution is 2.35. The third kappa shape index (κ3) is 5.12. The largest absolute Gasteiger partial charge is 0.463 e. The molecule has 38 heavy (non-hydrogen) atoms. The monoisotopic (exact) mass is 544 g/mol. The van der Waals surface area contributed by atoms with E-state index < -0.39 is 48.4 Å². The van der Waals surface area contributed by atoms with Gasteiger partial charge in [-0.3, -0.25) is 9.36 Å². The molecule has 1 fully saturated rings. The van der Waals surface area contributed by atoms with E-state index in [1.54, 1.807) is 37.3 Å². The molecule has 0 saturated carbocycles. The highest BCUT2D eigenvalue weighted by Gasteiger charge is 2.50. The maximum atomic E-state index is 13.0. The molecule has 1 aromatic carbocycles. The molecule has 1 unspecified atom stereocenters. The minimum atomic E-state index is -2.00. The number of hydrogen-bond donors (Lipinski definition) is 2. The number of benzene rings is 1. The number of aliphatic hydroxyl groups excluding tert-OH is 1. The summed E-state index contributed by atoms with van der Waals surface area (Å²) < 4.78 is 18.5. The van der Waals surface area contributed by atoms with Gasteiger partial charge in [-0.1, -0.05) is 35.4 Å². The van der Waals surface area contributed by atoms with Gasteiger partial charge in [-0.05, 0) is 36.5 Å². The summed E-state index contributed by atoms with van der Waals surface area (Å²) in [6.07, 6.45) is -2.36. The highest BCUT2D eigenvalue weighted by atomic mass is 35.5. The average Bonchev–Trinajstić information content (AvgIpc) is 3.43. The van der Waals surface area contributed by atoms with Gasteiger partial charge < -0.3 is 25.1 Å². The number of azide groups is 1. The van der Waals surface area contributed by atoms with Crippen LogP contribution in [0.4, 0.5) is 5.82 Å². The van der Waals surface area contributed by atoms with Gasteiger partial charge in [0.25, 0.3) is 0 Å². The van der Waals surface area contributed by atoms with Crippen molar-refractivity contribution in [3.63, 3.8) is 0 Å². The summed E-state index contributed by atoms with van der Waals surface area (Å²) in [4.78, 5) is 40.9. The smallest absolute Gasteiger partial charge is 0.346 e. The maximum absolute atomic E-state index is 13.0. The number of nitrogens with two attached hydrogens (primary N) is 1. The van der Waals surface area contributed by atoms with Crippen molar-refractivity contribution in [2.75, 3.05) is 18.9 Å². The predicted octanol–water partition coefficient (Wildman–Crippen LogP) is 2.15. The number of anilines is 1. The quantitative estimate of drug-likeness (QED) is 0.0950. The number of carbonyl (C=O) groups excluding carboxylic acids is 2. The first-order chi connectivity index (χ1) is 18.2. The summed E-state index contributed by atoms with van der Waals surface area (Å²) >= 11 is 5.95. The fourth-order valence-corrected chi connectivity index (χ4v) is 4.46. The number of fused-ring (bicyclic) bond motifs is 1. The molecule has 3 heterocycles. The first kappa shape index (κ1) is 27.2. The van der Waals surface area contributed by atoms with Gasteiger partial charge in [-0.2, -0.15) is 9.97 Å². The number of esters is 1. The Morgan fingerprint density at radius 2 is 2.08 bits per heavy atom. The van der Waals surface area contributed by atoms with Gasteiger partial charge in [0.1, 0.15) is 23.9 Å². The fraction of sp³-hybridized carbons (Fsp3) is 0.435. The lowest BCUT2D eigenvalue weighted by atomic mass is 9.90. The van der Waals surface area contributed by atoms with Crippen LogP contribution in [0.1, 0.15) is 25.6 Å². The van der Waals surface area contributed by atoms with Crippen LogP contribution in [0, 0.1) is 0 Å². The number of ketones is 1. The molecular formula is C23H25ClN8O6. The van der Waals surface area contributed by atoms with Crippen LogP contribution in [0.15, 0.2) is 41.8 Å². The average molecular weight is 545 g/mol. The lowest BCUT2D eigenvalue weighted by Gasteiger charge is -2.30. The first-order valence-electron chi connectivity index (χ1n) is 11.6. The Morgan fingerprint density at radius 1 is 1.34 bits per heavy atom. The molecule has 5 atom stereocenters. The molecular weight excluding hydrogens is 520 g/mol. The molecule has 0 aliphatic carbocycles. The lowest BCUT2D eigenvalue weighted by molar-refractivity contribution is -0.183. The van der Waals surface area contributed by atoms with E-state index >= 15 is 0 Å². The number of ether oxygens (including phenoxy) is 3. The Bertz CT molecular complexity index is 1380. The number of nitrogen functional groups attached to an aromatic ring is 1. The van der Waals surface area contributed by atoms with Crippen molar-refractivity contribution in [1.29, 1.82) is 0 Å². The van der Waals surface area contributed by atoms with Gasteiger partial charge >= 0.3 is 5.97 Å². The zero-order chi connectivity index (χ0) is 27.4. The maximum Gasteiger partial charge on any atom is 0.346 e. The molecule has 15 heteroatoms. The number of halogens is 1. The van der Waals surface area contributed by atoms with Crippen molar-refractivity contribution in [3.8, 4) is 0 Å². The Labute approximate surface area is 221 Å². The van der Waals surface area contributed by atoms with Gasteiger partial charge in [0.15, 0.2) is 17.2 Å². The van der Waals surface area contributed by atoms with E-state index in [2.05, 4.69) is 25.0 Å². The Morgan fingerprint density at radius 3 is 2.74 bits per heavy atom. The Kier molecular flexibility index (Phi) is 8.09. The molecule has 0 spiro atoms. The van der Waals surface area contributed by atoms with Gasteiger partial charge in [-0.25, -0.2) is 9.78 Å². The van der Waals surface area contributed by atoms with E-state index in [1.807, 2.05) is 0 Å². The zero-order valence-electron chi connectivity index (χ0n) is 20.5. The van der Waals surface area contributed by atoms with Crippen LogP contribution >= 0.6 is 11.6 Å². The molecule has 1 saturated heterocycles. The molecule has 3 N–H and O–H groups in total. The van der Waals surface area contributed by atoms with Crippen LogP contribution in [-0.2, 0) is 30.2 Å². The molecule has 0 bridgehead atoms. The third-order valence-electron chi connectivity index (χ3n) is 6.18. The van der Waals surface area contributed by atoms with Gasteiger partial charge in [0, 0.05) is 11.3 Å². The minimum absolute atomic E-state index is 0.0247. The molecule has 1 aliphatic heterocycles. The number of carbonyl (C=O) groups is 2. The van der Waals surface area contributed by atoms with E-state index in [0.717, 1.165) is 0 Å². The SMILES string of the molecule is CCOC(=O)C(Cc1ccccc1)(OC[C@H]1O[C@@H](n2cnc3c(N)nc(Cl)nc32)[C@H](N=[N+]=[N-])[C@@H]1O)C(C)=O. The van der Waals surface area contributed by atoms with E-state index in [4.69, 9.17) is 37.1 Å². The van der Waals surface area contributed by atoms with Gasteiger partial charge in [0.05, 0.1) is 25.6 Å². The number of aromatic nitrogens is 4. The molecule has 2 aromatic heterocycles. The zero-order valence-corrected chi connectivity index (χ0v) is 21.2. The summed E-state index contributed by atoms with van der Waals surface area (Å²) in [7, 11) is 0. The molecule has 0 amide bonds. The molecule has 1 aliphatic rings. The van der Waals surface area contributed by atoms with Crippen LogP contribution in [0.25, 0.3) is 21.6 Å². The Balaban J connectivity index is 1.65. The van der Waals surface area contributed by atoms with Crippen molar-refractivity contribution in [2.24, 2.45) is 5.11 Å². The predicted molar refractivity (Wildman–Crippen MR) is 134 cm³/mol. The molecule has 3 aromatic rings. The summed E-state index contributed by atoms with van der Waals surface area (Å²) in [5, 5.41) is 14.6. The summed E-state index contributed by atoms with van der Waals surface area (Å²) in [6.45, 7) is 2.45. The van der Waals surface area contributed by atoms with Crippen molar-refractivity contribution >= 4 is 40.3 Å². The summed E-state index contributed by atoms with van der Waals surface area (Å²) in [5.41, 5.74) is 14.1. The normalized spacial score (nSPS) is 22.5. The third-order valence-corrected chi connectivity index (χ3v) is 6.35. The van der Waals surface area contributed by atoms with E-state index in [1.165, 1.54) is 17.8 Å². The lowest BCUT2D eigenvalue weighted by Crippen LogP contribution is -2.52. The fourth-order valence-electron chi connectivity index (χ4n) is 4.29. The van der Waals surface area contributed by atoms with Crippen molar-refractivity contribution < 1.29 is 28.9 Å². The van der Waals surface area contributed by atoms with Gasteiger partial charge in [0.2, 0.25) is 10.9 Å². The van der Waals surface area contributed by atoms with Crippen molar-refractivity contribution in [2.45, 2.75) is 50.3 Å². The Hall–Kier alpha value is -3.81. The number of Topliss-reactive ketones (excluding diaryl/α,β-unsaturated/α-hetero) is 1. The minimum Gasteiger partial charge on any atom is -0.463 e. The summed E-state index contributed by atoms with van der Waals surface area (Å²) in [6, 6.07) is 7.68. The number of aliphatic hydroxyl groups is 1.